The lowest BCUT2D eigenvalue weighted by Gasteiger charge is -2.15. The Morgan fingerprint density at radius 2 is 1.59 bits per heavy atom. The molecule has 0 saturated heterocycles. The molecule has 150 valence electrons. The SMILES string of the molecule is Cc1c(Cl)cccc1Nc1ncnc(Nc2ccccc2C(F)(F)F)c1[N+](=O)[O-]. The maximum Gasteiger partial charge on any atom is 0.418 e. The third kappa shape index (κ3) is 4.37. The van der Waals surface area contributed by atoms with Gasteiger partial charge in [0.15, 0.2) is 0 Å². The number of aromatic nitrogens is 2. The first-order valence-corrected chi connectivity index (χ1v) is 8.51. The fourth-order valence-corrected chi connectivity index (χ4v) is 2.75. The second-order valence-corrected chi connectivity index (χ2v) is 6.29. The molecule has 0 aliphatic rings. The van der Waals surface area contributed by atoms with Gasteiger partial charge in [-0.1, -0.05) is 29.8 Å². The summed E-state index contributed by atoms with van der Waals surface area (Å²) in [4.78, 5) is 18.5. The third-order valence-electron chi connectivity index (χ3n) is 4.01. The Morgan fingerprint density at radius 3 is 2.21 bits per heavy atom. The zero-order chi connectivity index (χ0) is 21.2. The molecule has 0 bridgehead atoms. The van der Waals surface area contributed by atoms with Crippen molar-refractivity contribution in [1.29, 1.82) is 0 Å². The van der Waals surface area contributed by atoms with Crippen LogP contribution < -0.4 is 10.6 Å². The molecule has 0 saturated carbocycles. The van der Waals surface area contributed by atoms with Crippen molar-refractivity contribution in [2.75, 3.05) is 10.6 Å². The molecule has 1 heterocycles. The molecule has 2 aromatic carbocycles. The van der Waals surface area contributed by atoms with Crippen molar-refractivity contribution in [3.63, 3.8) is 0 Å². The van der Waals surface area contributed by atoms with Gasteiger partial charge in [-0.25, -0.2) is 9.97 Å². The van der Waals surface area contributed by atoms with Gasteiger partial charge in [0, 0.05) is 10.7 Å². The van der Waals surface area contributed by atoms with E-state index in [4.69, 9.17) is 11.6 Å². The summed E-state index contributed by atoms with van der Waals surface area (Å²) >= 11 is 6.06. The third-order valence-corrected chi connectivity index (χ3v) is 4.42. The molecule has 3 aromatic rings. The van der Waals surface area contributed by atoms with Crippen LogP contribution in [-0.4, -0.2) is 14.9 Å². The first kappa shape index (κ1) is 20.3. The van der Waals surface area contributed by atoms with E-state index in [-0.39, 0.29) is 17.3 Å². The molecule has 2 N–H and O–H groups in total. The molecule has 0 aliphatic heterocycles. The number of nitro groups is 1. The van der Waals surface area contributed by atoms with Crippen LogP contribution in [0.4, 0.5) is 41.9 Å². The monoisotopic (exact) mass is 423 g/mol. The van der Waals surface area contributed by atoms with Crippen molar-refractivity contribution in [2.45, 2.75) is 13.1 Å². The average molecular weight is 424 g/mol. The van der Waals surface area contributed by atoms with Crippen molar-refractivity contribution >= 4 is 40.3 Å². The standard InChI is InChI=1S/C18H13ClF3N5O2/c1-10-12(19)6-4-8-13(10)25-16-15(27(28)29)17(24-9-23-16)26-14-7-3-2-5-11(14)18(20,21)22/h2-9H,1H3,(H2,23,24,25,26). The molecule has 11 heteroatoms. The summed E-state index contributed by atoms with van der Waals surface area (Å²) in [7, 11) is 0. The van der Waals surface area contributed by atoms with E-state index in [0.717, 1.165) is 18.5 Å². The topological polar surface area (TPSA) is 93.0 Å². The maximum absolute atomic E-state index is 13.2. The Bertz CT molecular complexity index is 1080. The van der Waals surface area contributed by atoms with Crippen LogP contribution in [0.2, 0.25) is 5.02 Å². The predicted octanol–water partition coefficient (Wildman–Crippen LogP) is 5.85. The van der Waals surface area contributed by atoms with Crippen LogP contribution in [0.5, 0.6) is 0 Å². The van der Waals surface area contributed by atoms with Gasteiger partial charge in [-0.3, -0.25) is 10.1 Å². The number of para-hydroxylation sites is 1. The van der Waals surface area contributed by atoms with Crippen molar-refractivity contribution in [1.82, 2.24) is 9.97 Å². The summed E-state index contributed by atoms with van der Waals surface area (Å²) in [5.74, 6) is -0.578. The molecule has 7 nitrogen and oxygen atoms in total. The molecule has 1 aromatic heterocycles. The minimum Gasteiger partial charge on any atom is -0.334 e. The Hall–Kier alpha value is -3.40. The number of hydrogen-bond donors (Lipinski definition) is 2. The summed E-state index contributed by atoms with van der Waals surface area (Å²) in [5.41, 5.74) is -0.872. The summed E-state index contributed by atoms with van der Waals surface area (Å²) < 4.78 is 39.7. The van der Waals surface area contributed by atoms with E-state index in [0.29, 0.717) is 16.3 Å². The molecule has 29 heavy (non-hydrogen) atoms. The second-order valence-electron chi connectivity index (χ2n) is 5.88. The number of hydrogen-bond acceptors (Lipinski definition) is 6. The van der Waals surface area contributed by atoms with Crippen LogP contribution in [0.15, 0.2) is 48.8 Å². The summed E-state index contributed by atoms with van der Waals surface area (Å²) in [6.07, 6.45) is -3.64. The smallest absolute Gasteiger partial charge is 0.334 e. The zero-order valence-corrected chi connectivity index (χ0v) is 15.5. The van der Waals surface area contributed by atoms with Crippen molar-refractivity contribution < 1.29 is 18.1 Å². The normalized spacial score (nSPS) is 11.2. The van der Waals surface area contributed by atoms with Crippen LogP contribution >= 0.6 is 11.6 Å². The maximum atomic E-state index is 13.2. The first-order valence-electron chi connectivity index (χ1n) is 8.13. The van der Waals surface area contributed by atoms with Gasteiger partial charge in [0.2, 0.25) is 11.6 Å². The molecule has 0 amide bonds. The Labute approximate surface area is 167 Å². The highest BCUT2D eigenvalue weighted by molar-refractivity contribution is 6.31. The van der Waals surface area contributed by atoms with E-state index in [2.05, 4.69) is 20.6 Å². The average Bonchev–Trinajstić information content (AvgIpc) is 2.65. The number of anilines is 4. The minimum absolute atomic E-state index is 0.192. The van der Waals surface area contributed by atoms with Gasteiger partial charge in [0.25, 0.3) is 0 Å². The molecule has 0 spiro atoms. The molecule has 0 atom stereocenters. The zero-order valence-electron chi connectivity index (χ0n) is 14.8. The molecule has 3 rings (SSSR count). The van der Waals surface area contributed by atoms with Crippen molar-refractivity contribution in [3.8, 4) is 0 Å². The van der Waals surface area contributed by atoms with Gasteiger partial charge in [-0.15, -0.1) is 0 Å². The van der Waals surface area contributed by atoms with Crippen molar-refractivity contribution in [2.24, 2.45) is 0 Å². The van der Waals surface area contributed by atoms with Crippen molar-refractivity contribution in [3.05, 3.63) is 75.1 Å². The Morgan fingerprint density at radius 1 is 1.00 bits per heavy atom. The predicted molar refractivity (Wildman–Crippen MR) is 103 cm³/mol. The van der Waals surface area contributed by atoms with Gasteiger partial charge in [0.05, 0.1) is 16.2 Å². The van der Waals surface area contributed by atoms with E-state index in [1.807, 2.05) is 0 Å². The lowest BCUT2D eigenvalue weighted by molar-refractivity contribution is -0.383. The van der Waals surface area contributed by atoms with E-state index in [1.54, 1.807) is 25.1 Å². The van der Waals surface area contributed by atoms with E-state index >= 15 is 0 Å². The highest BCUT2D eigenvalue weighted by atomic mass is 35.5. The first-order chi connectivity index (χ1) is 13.7. The summed E-state index contributed by atoms with van der Waals surface area (Å²) in [6.45, 7) is 1.70. The van der Waals surface area contributed by atoms with Gasteiger partial charge >= 0.3 is 11.9 Å². The van der Waals surface area contributed by atoms with Crippen LogP contribution in [0.25, 0.3) is 0 Å². The highest BCUT2D eigenvalue weighted by Crippen LogP contribution is 2.39. The van der Waals surface area contributed by atoms with Crippen LogP contribution in [0, 0.1) is 17.0 Å². The lowest BCUT2D eigenvalue weighted by atomic mass is 10.1. The molecule has 0 aliphatic carbocycles. The molecular weight excluding hydrogens is 411 g/mol. The fraction of sp³-hybridized carbons (Fsp3) is 0.111. The van der Waals surface area contributed by atoms with E-state index in [1.165, 1.54) is 12.1 Å². The Balaban J connectivity index is 2.05. The number of rotatable bonds is 5. The molecule has 0 radical (unpaired) electrons. The number of nitrogens with one attached hydrogen (secondary N) is 2. The number of nitrogens with zero attached hydrogens (tertiary/aromatic N) is 3. The van der Waals surface area contributed by atoms with Gasteiger partial charge < -0.3 is 10.6 Å². The van der Waals surface area contributed by atoms with Crippen LogP contribution in [-0.2, 0) is 6.18 Å². The number of benzene rings is 2. The quantitative estimate of drug-likeness (QED) is 0.395. The highest BCUT2D eigenvalue weighted by Gasteiger charge is 2.34. The number of alkyl halides is 3. The lowest BCUT2D eigenvalue weighted by Crippen LogP contribution is -2.11. The number of halogens is 4. The summed E-state index contributed by atoms with van der Waals surface area (Å²) in [6, 6.07) is 9.54. The van der Waals surface area contributed by atoms with E-state index in [9.17, 15) is 23.3 Å². The second kappa shape index (κ2) is 7.92. The minimum atomic E-state index is -4.65. The summed E-state index contributed by atoms with van der Waals surface area (Å²) in [5, 5.41) is 17.3. The fourth-order valence-electron chi connectivity index (χ4n) is 2.57. The molecular formula is C18H13ClF3N5O2. The Kier molecular flexibility index (Phi) is 5.55. The molecule has 0 unspecified atom stereocenters. The largest absolute Gasteiger partial charge is 0.418 e. The molecule has 0 fully saturated rings. The van der Waals surface area contributed by atoms with Gasteiger partial charge in [0.1, 0.15) is 6.33 Å². The van der Waals surface area contributed by atoms with Crippen LogP contribution in [0.3, 0.4) is 0 Å². The van der Waals surface area contributed by atoms with Gasteiger partial charge in [-0.2, -0.15) is 13.2 Å². The van der Waals surface area contributed by atoms with Gasteiger partial charge in [-0.05, 0) is 36.8 Å². The van der Waals surface area contributed by atoms with Crippen LogP contribution in [0.1, 0.15) is 11.1 Å². The van der Waals surface area contributed by atoms with E-state index < -0.39 is 22.4 Å².